The van der Waals surface area contributed by atoms with Gasteiger partial charge in [-0.3, -0.25) is 4.72 Å². The van der Waals surface area contributed by atoms with Crippen LogP contribution in [-0.4, -0.2) is 34.9 Å². The Hall–Kier alpha value is -3.38. The number of aromatic nitrogens is 2. The molecule has 0 spiro atoms. The van der Waals surface area contributed by atoms with Crippen LogP contribution in [0.2, 0.25) is 10.0 Å². The zero-order valence-corrected chi connectivity index (χ0v) is 23.6. The molecule has 4 bridgehead atoms. The van der Waals surface area contributed by atoms with Gasteiger partial charge in [0.1, 0.15) is 10.7 Å². The molecule has 4 N–H and O–H groups in total. The van der Waals surface area contributed by atoms with Crippen LogP contribution in [0.25, 0.3) is 11.1 Å². The molecule has 2 heterocycles. The van der Waals surface area contributed by atoms with Crippen LogP contribution in [0.3, 0.4) is 0 Å². The van der Waals surface area contributed by atoms with E-state index in [-0.39, 0.29) is 20.7 Å². The molecule has 202 valence electrons. The van der Waals surface area contributed by atoms with Crippen LogP contribution < -0.4 is 15.4 Å². The average Bonchev–Trinajstić information content (AvgIpc) is 2.90. The number of nitrogens with zero attached hydrogens (tertiary/aromatic N) is 2. The van der Waals surface area contributed by atoms with Gasteiger partial charge in [0.15, 0.2) is 0 Å². The summed E-state index contributed by atoms with van der Waals surface area (Å²) in [6.07, 6.45) is 3.00. The van der Waals surface area contributed by atoms with Gasteiger partial charge in [-0.25, -0.2) is 22.4 Å². The van der Waals surface area contributed by atoms with Gasteiger partial charge in [0.2, 0.25) is 5.95 Å². The predicted molar refractivity (Wildman–Crippen MR) is 156 cm³/mol. The van der Waals surface area contributed by atoms with E-state index >= 15 is 0 Å². The Kier molecular flexibility index (Phi) is 7.68. The number of hydrogen-bond acceptors (Lipinski definition) is 8. The standard InChI is InChI=1S/C26H24Cl2N6O3S2/c27-22-7-4-8-23(24(22)28)39(36,37)34-18-11-9-17(10-12-18)21-16-31-26-32-19-5-3-6-20(15-19)38(29,35)14-2-1-13-30-25(21)33-26/h3-12,15-16,29,34H,1-2,13-14H2,(H2,30,31,32,33). The Labute approximate surface area is 237 Å². The van der Waals surface area contributed by atoms with E-state index in [2.05, 4.69) is 25.3 Å². The maximum absolute atomic E-state index is 12.9. The first-order valence-corrected chi connectivity index (χ1v) is 15.9. The molecule has 1 unspecified atom stereocenters. The fourth-order valence-electron chi connectivity index (χ4n) is 4.07. The van der Waals surface area contributed by atoms with Gasteiger partial charge in [0.25, 0.3) is 10.0 Å². The number of sulfonamides is 1. The average molecular weight is 604 g/mol. The molecule has 1 atom stereocenters. The summed E-state index contributed by atoms with van der Waals surface area (Å²) >= 11 is 12.1. The van der Waals surface area contributed by atoms with E-state index in [1.165, 1.54) is 18.2 Å². The van der Waals surface area contributed by atoms with Gasteiger partial charge in [-0.2, -0.15) is 4.98 Å². The zero-order valence-electron chi connectivity index (χ0n) is 20.4. The van der Waals surface area contributed by atoms with Crippen LogP contribution in [0.1, 0.15) is 12.8 Å². The molecule has 0 saturated carbocycles. The molecule has 39 heavy (non-hydrogen) atoms. The SMILES string of the molecule is N=S1(=O)CCCCNc2nc(ncc2-c2ccc(NS(=O)(=O)c3cccc(Cl)c3Cl)cc2)Nc2cccc1c2. The Bertz CT molecular complexity index is 1750. The van der Waals surface area contributed by atoms with Crippen molar-refractivity contribution in [3.8, 4) is 11.1 Å². The maximum Gasteiger partial charge on any atom is 0.263 e. The summed E-state index contributed by atoms with van der Waals surface area (Å²) in [5.41, 5.74) is 2.48. The van der Waals surface area contributed by atoms with Crippen molar-refractivity contribution in [2.75, 3.05) is 27.7 Å². The number of nitrogens with one attached hydrogen (secondary N) is 4. The normalized spacial score (nSPS) is 17.5. The summed E-state index contributed by atoms with van der Waals surface area (Å²) in [7, 11) is -6.85. The lowest BCUT2D eigenvalue weighted by molar-refractivity contribution is 0.601. The van der Waals surface area contributed by atoms with Gasteiger partial charge in [0, 0.05) is 40.3 Å². The number of hydrogen-bond donors (Lipinski definition) is 4. The lowest BCUT2D eigenvalue weighted by Crippen LogP contribution is -2.13. The van der Waals surface area contributed by atoms with Crippen molar-refractivity contribution >= 4 is 66.1 Å². The summed E-state index contributed by atoms with van der Waals surface area (Å²) in [5.74, 6) is 1.21. The van der Waals surface area contributed by atoms with Crippen molar-refractivity contribution in [3.63, 3.8) is 0 Å². The second-order valence-electron chi connectivity index (χ2n) is 8.86. The molecule has 1 aromatic heterocycles. The molecule has 1 aliphatic rings. The van der Waals surface area contributed by atoms with Crippen LogP contribution in [0.15, 0.2) is 82.7 Å². The molecule has 5 rings (SSSR count). The first-order valence-electron chi connectivity index (χ1n) is 11.9. The maximum atomic E-state index is 12.9. The second-order valence-corrected chi connectivity index (χ2v) is 13.5. The second kappa shape index (κ2) is 11.0. The molecule has 0 radical (unpaired) electrons. The van der Waals surface area contributed by atoms with Gasteiger partial charge in [-0.05, 0) is 60.9 Å². The molecule has 0 aliphatic carbocycles. The van der Waals surface area contributed by atoms with Gasteiger partial charge < -0.3 is 10.6 Å². The predicted octanol–water partition coefficient (Wildman–Crippen LogP) is 6.61. The summed E-state index contributed by atoms with van der Waals surface area (Å²) in [5, 5.41) is 6.56. The number of fused-ring (bicyclic) bond motifs is 4. The van der Waals surface area contributed by atoms with Crippen LogP contribution >= 0.6 is 23.2 Å². The minimum atomic E-state index is -3.95. The third-order valence-corrected chi connectivity index (χ3v) is 10.3. The largest absolute Gasteiger partial charge is 0.369 e. The number of benzene rings is 3. The van der Waals surface area contributed by atoms with Crippen molar-refractivity contribution < 1.29 is 12.6 Å². The first-order chi connectivity index (χ1) is 18.6. The Morgan fingerprint density at radius 2 is 1.77 bits per heavy atom. The van der Waals surface area contributed by atoms with E-state index in [0.29, 0.717) is 47.4 Å². The molecule has 0 amide bonds. The molecule has 0 fully saturated rings. The van der Waals surface area contributed by atoms with Crippen LogP contribution in [0.4, 0.5) is 23.1 Å². The third kappa shape index (κ3) is 6.11. The summed E-state index contributed by atoms with van der Waals surface area (Å²) in [4.78, 5) is 9.46. The fraction of sp³-hybridized carbons (Fsp3) is 0.154. The highest BCUT2D eigenvalue weighted by Gasteiger charge is 2.20. The lowest BCUT2D eigenvalue weighted by atomic mass is 10.1. The minimum absolute atomic E-state index is 0.0444. The third-order valence-electron chi connectivity index (χ3n) is 6.06. The van der Waals surface area contributed by atoms with Gasteiger partial charge in [-0.1, -0.05) is 47.5 Å². The molecule has 4 aromatic rings. The fourth-order valence-corrected chi connectivity index (χ4v) is 7.35. The van der Waals surface area contributed by atoms with E-state index < -0.39 is 19.8 Å². The van der Waals surface area contributed by atoms with Crippen molar-refractivity contribution in [3.05, 3.63) is 83.0 Å². The smallest absolute Gasteiger partial charge is 0.263 e. The van der Waals surface area contributed by atoms with E-state index in [1.54, 1.807) is 54.7 Å². The van der Waals surface area contributed by atoms with Crippen molar-refractivity contribution in [1.82, 2.24) is 9.97 Å². The molecule has 1 aliphatic heterocycles. The van der Waals surface area contributed by atoms with E-state index in [4.69, 9.17) is 28.0 Å². The molecular weight excluding hydrogens is 579 g/mol. The van der Waals surface area contributed by atoms with Gasteiger partial charge >= 0.3 is 0 Å². The van der Waals surface area contributed by atoms with Gasteiger partial charge in [-0.15, -0.1) is 0 Å². The topological polar surface area (TPSA) is 137 Å². The highest BCUT2D eigenvalue weighted by Crippen LogP contribution is 2.32. The molecule has 9 nitrogen and oxygen atoms in total. The molecule has 3 aromatic carbocycles. The molecule has 13 heteroatoms. The van der Waals surface area contributed by atoms with Crippen LogP contribution in [0.5, 0.6) is 0 Å². The monoisotopic (exact) mass is 602 g/mol. The number of rotatable bonds is 4. The summed E-state index contributed by atoms with van der Waals surface area (Å²) < 4.78 is 49.5. The van der Waals surface area contributed by atoms with Gasteiger partial charge in [0.05, 0.1) is 19.8 Å². The molecule has 0 saturated heterocycles. The first kappa shape index (κ1) is 27.2. The highest BCUT2D eigenvalue weighted by molar-refractivity contribution is 7.93. The van der Waals surface area contributed by atoms with Crippen LogP contribution in [0, 0.1) is 4.78 Å². The Morgan fingerprint density at radius 1 is 1.00 bits per heavy atom. The highest BCUT2D eigenvalue weighted by atomic mass is 35.5. The van der Waals surface area contributed by atoms with Crippen molar-refractivity contribution in [2.45, 2.75) is 22.6 Å². The van der Waals surface area contributed by atoms with Crippen molar-refractivity contribution in [1.29, 1.82) is 4.78 Å². The van der Waals surface area contributed by atoms with E-state index in [1.807, 2.05) is 0 Å². The summed E-state index contributed by atoms with van der Waals surface area (Å²) in [6, 6.07) is 18.2. The zero-order chi connectivity index (χ0) is 27.6. The Balaban J connectivity index is 1.42. The van der Waals surface area contributed by atoms with Crippen molar-refractivity contribution in [2.24, 2.45) is 0 Å². The number of halogens is 2. The van der Waals surface area contributed by atoms with E-state index in [0.717, 1.165) is 11.1 Å². The van der Waals surface area contributed by atoms with E-state index in [9.17, 15) is 12.6 Å². The quantitative estimate of drug-likeness (QED) is 0.206. The molecular formula is C26H24Cl2N6O3S2. The Morgan fingerprint density at radius 3 is 2.56 bits per heavy atom. The number of anilines is 4. The minimum Gasteiger partial charge on any atom is -0.369 e. The van der Waals surface area contributed by atoms with Crippen LogP contribution in [-0.2, 0) is 19.8 Å². The lowest BCUT2D eigenvalue weighted by Gasteiger charge is -2.14. The summed E-state index contributed by atoms with van der Waals surface area (Å²) in [6.45, 7) is 0.564.